The molecule has 0 aliphatic rings. The van der Waals surface area contributed by atoms with Crippen molar-refractivity contribution in [3.8, 4) is 0 Å². The molecular formula is C13H24O6. The Hall–Kier alpha value is -1.14. The van der Waals surface area contributed by atoms with Crippen molar-refractivity contribution in [1.29, 1.82) is 0 Å². The summed E-state index contributed by atoms with van der Waals surface area (Å²) in [6.45, 7) is 12.0. The summed E-state index contributed by atoms with van der Waals surface area (Å²) < 4.78 is 0. The highest BCUT2D eigenvalue weighted by molar-refractivity contribution is 5.79. The molecule has 0 aromatic heterocycles. The first-order chi connectivity index (χ1) is 8.41. The van der Waals surface area contributed by atoms with Gasteiger partial charge in [0.1, 0.15) is 11.2 Å². The molecule has 0 spiro atoms. The number of hydrogen-bond acceptors (Lipinski definition) is 6. The smallest absolute Gasteiger partial charge is 0.298 e. The maximum absolute atomic E-state index is 11.5. The van der Waals surface area contributed by atoms with Crippen molar-refractivity contribution in [2.75, 3.05) is 0 Å². The number of carbonyl (C=O) groups is 2. The maximum atomic E-state index is 11.5. The first-order valence-electron chi connectivity index (χ1n) is 6.19. The van der Waals surface area contributed by atoms with Crippen LogP contribution in [-0.2, 0) is 29.1 Å². The van der Waals surface area contributed by atoms with Crippen molar-refractivity contribution in [2.45, 2.75) is 66.1 Å². The summed E-state index contributed by atoms with van der Waals surface area (Å²) in [5.41, 5.74) is -1.18. The molecule has 0 saturated heterocycles. The van der Waals surface area contributed by atoms with E-state index in [-0.39, 0.29) is 6.42 Å². The van der Waals surface area contributed by atoms with Crippen molar-refractivity contribution >= 4 is 11.9 Å². The molecule has 1 atom stereocenters. The molecular weight excluding hydrogens is 252 g/mol. The molecule has 0 aliphatic heterocycles. The Kier molecular flexibility index (Phi) is 6.45. The van der Waals surface area contributed by atoms with Crippen LogP contribution in [-0.4, -0.2) is 23.1 Å². The second-order valence-electron chi connectivity index (χ2n) is 6.35. The van der Waals surface area contributed by atoms with Crippen molar-refractivity contribution in [2.24, 2.45) is 5.92 Å². The molecule has 112 valence electrons. The molecule has 0 aliphatic carbocycles. The molecule has 0 fully saturated rings. The van der Waals surface area contributed by atoms with Crippen molar-refractivity contribution in [3.63, 3.8) is 0 Å². The van der Waals surface area contributed by atoms with E-state index in [1.165, 1.54) is 0 Å². The van der Waals surface area contributed by atoms with E-state index in [9.17, 15) is 9.59 Å². The van der Waals surface area contributed by atoms with Crippen LogP contribution in [0.4, 0.5) is 0 Å². The van der Waals surface area contributed by atoms with E-state index in [1.54, 1.807) is 48.5 Å². The highest BCUT2D eigenvalue weighted by Crippen LogP contribution is 2.13. The van der Waals surface area contributed by atoms with E-state index in [4.69, 9.17) is 9.78 Å². The maximum Gasteiger partial charge on any atom is 0.345 e. The van der Waals surface area contributed by atoms with Gasteiger partial charge < -0.3 is 0 Å². The monoisotopic (exact) mass is 276 g/mol. The molecule has 0 aromatic carbocycles. The van der Waals surface area contributed by atoms with Gasteiger partial charge >= 0.3 is 11.9 Å². The first kappa shape index (κ1) is 17.9. The van der Waals surface area contributed by atoms with Crippen molar-refractivity contribution in [1.82, 2.24) is 0 Å². The predicted octanol–water partition coefficient (Wildman–Crippen LogP) is 2.56. The molecule has 0 amide bonds. The van der Waals surface area contributed by atoms with E-state index in [1.807, 2.05) is 0 Å². The Morgan fingerprint density at radius 1 is 0.895 bits per heavy atom. The average molecular weight is 276 g/mol. The summed E-state index contributed by atoms with van der Waals surface area (Å²) in [7, 11) is 0. The minimum absolute atomic E-state index is 0.136. The van der Waals surface area contributed by atoms with Gasteiger partial charge in [-0.15, -0.1) is 0 Å². The zero-order valence-corrected chi connectivity index (χ0v) is 12.7. The highest BCUT2D eigenvalue weighted by atomic mass is 17.2. The van der Waals surface area contributed by atoms with E-state index in [0.717, 1.165) is 0 Å². The average Bonchev–Trinajstić information content (AvgIpc) is 2.21. The van der Waals surface area contributed by atoms with Gasteiger partial charge in [-0.3, -0.25) is 9.78 Å². The molecule has 0 bridgehead atoms. The van der Waals surface area contributed by atoms with E-state index in [2.05, 4.69) is 9.78 Å². The molecule has 0 saturated carbocycles. The lowest BCUT2D eigenvalue weighted by Crippen LogP contribution is -2.27. The molecule has 19 heavy (non-hydrogen) atoms. The minimum Gasteiger partial charge on any atom is -0.298 e. The van der Waals surface area contributed by atoms with Gasteiger partial charge in [-0.1, -0.05) is 6.92 Å². The summed E-state index contributed by atoms with van der Waals surface area (Å²) in [6, 6.07) is 0. The molecule has 1 unspecified atom stereocenters. The minimum atomic E-state index is -0.668. The SMILES string of the molecule is CC(CC(=O)OOC(C)(C)C)C(=O)OOC(C)(C)C. The van der Waals surface area contributed by atoms with Crippen LogP contribution in [0.2, 0.25) is 0 Å². The summed E-state index contributed by atoms with van der Waals surface area (Å²) >= 11 is 0. The van der Waals surface area contributed by atoms with Gasteiger partial charge in [0.05, 0.1) is 12.3 Å². The summed E-state index contributed by atoms with van der Waals surface area (Å²) in [5.74, 6) is -1.92. The first-order valence-corrected chi connectivity index (χ1v) is 6.19. The van der Waals surface area contributed by atoms with Crippen molar-refractivity contribution < 1.29 is 29.1 Å². The Labute approximate surface area is 114 Å². The second kappa shape index (κ2) is 6.86. The molecule has 0 N–H and O–H groups in total. The summed E-state index contributed by atoms with van der Waals surface area (Å²) in [4.78, 5) is 41.9. The number of carbonyl (C=O) groups excluding carboxylic acids is 2. The van der Waals surface area contributed by atoms with Gasteiger partial charge in [0.25, 0.3) is 0 Å². The quantitative estimate of drug-likeness (QED) is 0.567. The lowest BCUT2D eigenvalue weighted by atomic mass is 10.1. The van der Waals surface area contributed by atoms with Crippen LogP contribution in [0.5, 0.6) is 0 Å². The van der Waals surface area contributed by atoms with E-state index in [0.29, 0.717) is 0 Å². The fourth-order valence-electron chi connectivity index (χ4n) is 0.787. The number of hydrogen-bond donors (Lipinski definition) is 0. The Morgan fingerprint density at radius 2 is 1.32 bits per heavy atom. The van der Waals surface area contributed by atoms with E-state index >= 15 is 0 Å². The highest BCUT2D eigenvalue weighted by Gasteiger charge is 2.24. The largest absolute Gasteiger partial charge is 0.345 e. The van der Waals surface area contributed by atoms with Gasteiger partial charge in [0, 0.05) is 0 Å². The zero-order valence-electron chi connectivity index (χ0n) is 12.7. The van der Waals surface area contributed by atoms with Crippen LogP contribution >= 0.6 is 0 Å². The molecule has 0 rings (SSSR count). The Morgan fingerprint density at radius 3 is 1.74 bits per heavy atom. The Balaban J connectivity index is 4.05. The standard InChI is InChI=1S/C13H24O6/c1-9(11(15)17-19-13(5,6)7)8-10(14)16-18-12(2,3)4/h9H,8H2,1-7H3. The van der Waals surface area contributed by atoms with Gasteiger partial charge in [0.15, 0.2) is 0 Å². The molecule has 6 nitrogen and oxygen atoms in total. The van der Waals surface area contributed by atoms with Gasteiger partial charge in [-0.25, -0.2) is 9.59 Å². The fourth-order valence-corrected chi connectivity index (χ4v) is 0.787. The molecule has 0 radical (unpaired) electrons. The van der Waals surface area contributed by atoms with Gasteiger partial charge in [-0.05, 0) is 41.5 Å². The van der Waals surface area contributed by atoms with Crippen LogP contribution in [0.3, 0.4) is 0 Å². The third-order valence-electron chi connectivity index (χ3n) is 1.63. The van der Waals surface area contributed by atoms with Crippen LogP contribution < -0.4 is 0 Å². The lowest BCUT2D eigenvalue weighted by Gasteiger charge is -2.19. The third kappa shape index (κ3) is 10.5. The van der Waals surface area contributed by atoms with E-state index < -0.39 is 29.1 Å². The van der Waals surface area contributed by atoms with Crippen molar-refractivity contribution in [3.05, 3.63) is 0 Å². The van der Waals surface area contributed by atoms with Crippen LogP contribution in [0.15, 0.2) is 0 Å². The van der Waals surface area contributed by atoms with Crippen LogP contribution in [0, 0.1) is 5.92 Å². The third-order valence-corrected chi connectivity index (χ3v) is 1.63. The zero-order chi connectivity index (χ0) is 15.3. The topological polar surface area (TPSA) is 71.1 Å². The number of rotatable bonds is 5. The van der Waals surface area contributed by atoms with Gasteiger partial charge in [0.2, 0.25) is 0 Å². The lowest BCUT2D eigenvalue weighted by molar-refractivity contribution is -0.326. The molecule has 6 heteroatoms. The van der Waals surface area contributed by atoms with Crippen LogP contribution in [0.25, 0.3) is 0 Å². The molecule has 0 heterocycles. The normalized spacial score (nSPS) is 13.8. The predicted molar refractivity (Wildman–Crippen MR) is 67.6 cm³/mol. The van der Waals surface area contributed by atoms with Crippen LogP contribution in [0.1, 0.15) is 54.9 Å². The van der Waals surface area contributed by atoms with Gasteiger partial charge in [-0.2, -0.15) is 9.78 Å². The summed E-state index contributed by atoms with van der Waals surface area (Å²) in [5, 5.41) is 0. The summed E-state index contributed by atoms with van der Waals surface area (Å²) in [6.07, 6.45) is -0.136. The second-order valence-corrected chi connectivity index (χ2v) is 6.35. The fraction of sp³-hybridized carbons (Fsp3) is 0.846. The Bertz CT molecular complexity index is 310. The molecule has 0 aromatic rings.